The number of benzene rings is 1. The Bertz CT molecular complexity index is 458. The largest absolute Gasteiger partial charge is 0.497 e. The standard InChI is InChI=1S/C10H9ClN2OS2/c1-14-7-2-4-8(5-3-7)15-6-9-10(11)16-13-12-9/h2-5H,6H2,1H3. The minimum atomic E-state index is 0.668. The van der Waals surface area contributed by atoms with Crippen LogP contribution in [0.5, 0.6) is 5.75 Å². The Morgan fingerprint density at radius 1 is 1.38 bits per heavy atom. The summed E-state index contributed by atoms with van der Waals surface area (Å²) in [6, 6.07) is 7.89. The summed E-state index contributed by atoms with van der Waals surface area (Å²) in [6.45, 7) is 0. The fourth-order valence-corrected chi connectivity index (χ4v) is 2.74. The number of halogens is 1. The van der Waals surface area contributed by atoms with Crippen LogP contribution in [0.25, 0.3) is 0 Å². The van der Waals surface area contributed by atoms with E-state index in [2.05, 4.69) is 9.59 Å². The lowest BCUT2D eigenvalue weighted by Crippen LogP contribution is -1.83. The van der Waals surface area contributed by atoms with Crippen LogP contribution in [-0.2, 0) is 5.75 Å². The van der Waals surface area contributed by atoms with Crippen LogP contribution in [0.2, 0.25) is 4.34 Å². The molecule has 0 saturated carbocycles. The van der Waals surface area contributed by atoms with Crippen molar-refractivity contribution in [2.45, 2.75) is 10.6 Å². The molecule has 2 aromatic rings. The van der Waals surface area contributed by atoms with Crippen molar-refractivity contribution in [2.75, 3.05) is 7.11 Å². The van der Waals surface area contributed by atoms with Crippen LogP contribution in [-0.4, -0.2) is 16.7 Å². The molecular weight excluding hydrogens is 264 g/mol. The molecule has 1 aromatic carbocycles. The van der Waals surface area contributed by atoms with Crippen molar-refractivity contribution in [1.82, 2.24) is 9.59 Å². The van der Waals surface area contributed by atoms with Gasteiger partial charge in [-0.1, -0.05) is 16.1 Å². The molecule has 0 N–H and O–H groups in total. The van der Waals surface area contributed by atoms with E-state index >= 15 is 0 Å². The molecule has 0 bridgehead atoms. The van der Waals surface area contributed by atoms with Gasteiger partial charge in [0.15, 0.2) is 0 Å². The van der Waals surface area contributed by atoms with Gasteiger partial charge < -0.3 is 4.74 Å². The summed E-state index contributed by atoms with van der Waals surface area (Å²) in [5.41, 5.74) is 0.840. The lowest BCUT2D eigenvalue weighted by atomic mass is 10.3. The van der Waals surface area contributed by atoms with E-state index < -0.39 is 0 Å². The molecule has 0 aliphatic rings. The smallest absolute Gasteiger partial charge is 0.138 e. The maximum atomic E-state index is 5.91. The SMILES string of the molecule is COc1ccc(SCc2nnsc2Cl)cc1. The molecule has 2 rings (SSSR count). The monoisotopic (exact) mass is 272 g/mol. The number of rotatable bonds is 4. The van der Waals surface area contributed by atoms with Crippen molar-refractivity contribution >= 4 is 34.9 Å². The van der Waals surface area contributed by atoms with Gasteiger partial charge in [0.1, 0.15) is 15.8 Å². The number of nitrogens with zero attached hydrogens (tertiary/aromatic N) is 2. The van der Waals surface area contributed by atoms with Crippen molar-refractivity contribution in [3.8, 4) is 5.75 Å². The van der Waals surface area contributed by atoms with Gasteiger partial charge in [0, 0.05) is 22.2 Å². The number of hydrogen-bond donors (Lipinski definition) is 0. The number of methoxy groups -OCH3 is 1. The molecule has 84 valence electrons. The quantitative estimate of drug-likeness (QED) is 0.798. The highest BCUT2D eigenvalue weighted by atomic mass is 35.5. The molecule has 1 heterocycles. The van der Waals surface area contributed by atoms with Crippen LogP contribution in [0.15, 0.2) is 29.2 Å². The second kappa shape index (κ2) is 5.52. The van der Waals surface area contributed by atoms with Crippen LogP contribution >= 0.6 is 34.9 Å². The van der Waals surface area contributed by atoms with Gasteiger partial charge in [0.05, 0.1) is 7.11 Å². The molecule has 0 unspecified atom stereocenters. The second-order valence-corrected chi connectivity index (χ2v) is 5.36. The first-order valence-corrected chi connectivity index (χ1v) is 6.67. The highest BCUT2D eigenvalue weighted by molar-refractivity contribution is 7.98. The van der Waals surface area contributed by atoms with Gasteiger partial charge >= 0.3 is 0 Å². The number of aromatic nitrogens is 2. The first-order chi connectivity index (χ1) is 7.79. The van der Waals surface area contributed by atoms with Crippen molar-refractivity contribution in [2.24, 2.45) is 0 Å². The summed E-state index contributed by atoms with van der Waals surface area (Å²) in [5.74, 6) is 1.60. The minimum Gasteiger partial charge on any atom is -0.497 e. The van der Waals surface area contributed by atoms with Crippen LogP contribution in [0.1, 0.15) is 5.69 Å². The summed E-state index contributed by atoms with van der Waals surface area (Å²) >= 11 is 8.81. The zero-order valence-electron chi connectivity index (χ0n) is 8.51. The molecule has 0 aliphatic heterocycles. The van der Waals surface area contributed by atoms with Crippen LogP contribution in [0.3, 0.4) is 0 Å². The summed E-state index contributed by atoms with van der Waals surface area (Å²) in [6.07, 6.45) is 0. The van der Waals surface area contributed by atoms with Gasteiger partial charge in [-0.25, -0.2) is 0 Å². The number of thioether (sulfide) groups is 1. The van der Waals surface area contributed by atoms with E-state index in [1.165, 1.54) is 11.5 Å². The second-order valence-electron chi connectivity index (χ2n) is 2.96. The zero-order valence-corrected chi connectivity index (χ0v) is 10.9. The van der Waals surface area contributed by atoms with Crippen LogP contribution in [0, 0.1) is 0 Å². The lowest BCUT2D eigenvalue weighted by Gasteiger charge is -2.01. The van der Waals surface area contributed by atoms with Gasteiger partial charge in [-0.15, -0.1) is 16.9 Å². The average molecular weight is 273 g/mol. The predicted octanol–water partition coefficient (Wildman–Crippen LogP) is 3.49. The molecular formula is C10H9ClN2OS2. The van der Waals surface area contributed by atoms with Crippen molar-refractivity contribution in [3.05, 3.63) is 34.3 Å². The molecule has 1 aromatic heterocycles. The molecule has 0 fully saturated rings. The molecule has 0 spiro atoms. The molecule has 0 atom stereocenters. The number of ether oxygens (including phenoxy) is 1. The third kappa shape index (κ3) is 2.87. The highest BCUT2D eigenvalue weighted by Crippen LogP contribution is 2.27. The predicted molar refractivity (Wildman–Crippen MR) is 67.5 cm³/mol. The van der Waals surface area contributed by atoms with Gasteiger partial charge in [-0.05, 0) is 24.3 Å². The first kappa shape index (κ1) is 11.7. The third-order valence-corrected chi connectivity index (χ3v) is 3.95. The van der Waals surface area contributed by atoms with Gasteiger partial charge in [-0.3, -0.25) is 0 Å². The Morgan fingerprint density at radius 2 is 2.12 bits per heavy atom. The van der Waals surface area contributed by atoms with Gasteiger partial charge in [-0.2, -0.15) is 0 Å². The van der Waals surface area contributed by atoms with E-state index in [1.807, 2.05) is 24.3 Å². The van der Waals surface area contributed by atoms with E-state index in [1.54, 1.807) is 18.9 Å². The van der Waals surface area contributed by atoms with Crippen molar-refractivity contribution in [3.63, 3.8) is 0 Å². The normalized spacial score (nSPS) is 10.4. The summed E-state index contributed by atoms with van der Waals surface area (Å²) in [4.78, 5) is 1.16. The van der Waals surface area contributed by atoms with E-state index in [4.69, 9.17) is 16.3 Å². The third-order valence-electron chi connectivity index (χ3n) is 1.94. The molecule has 0 amide bonds. The Hall–Kier alpha value is -0.780. The summed E-state index contributed by atoms with van der Waals surface area (Å²) in [5, 5.41) is 3.96. The molecule has 0 aliphatic carbocycles. The first-order valence-electron chi connectivity index (χ1n) is 4.53. The van der Waals surface area contributed by atoms with E-state index in [0.717, 1.165) is 22.1 Å². The van der Waals surface area contributed by atoms with Crippen LogP contribution in [0.4, 0.5) is 0 Å². The van der Waals surface area contributed by atoms with E-state index in [9.17, 15) is 0 Å². The Labute approximate surface area is 107 Å². The van der Waals surface area contributed by atoms with Gasteiger partial charge in [0.25, 0.3) is 0 Å². The molecule has 16 heavy (non-hydrogen) atoms. The Morgan fingerprint density at radius 3 is 2.69 bits per heavy atom. The average Bonchev–Trinajstić information content (AvgIpc) is 2.73. The minimum absolute atomic E-state index is 0.668. The Kier molecular flexibility index (Phi) is 4.04. The van der Waals surface area contributed by atoms with Crippen molar-refractivity contribution in [1.29, 1.82) is 0 Å². The zero-order chi connectivity index (χ0) is 11.4. The maximum absolute atomic E-state index is 5.91. The molecule has 3 nitrogen and oxygen atoms in total. The van der Waals surface area contributed by atoms with E-state index in [-0.39, 0.29) is 0 Å². The maximum Gasteiger partial charge on any atom is 0.138 e. The Balaban J connectivity index is 1.97. The molecule has 0 radical (unpaired) electrons. The van der Waals surface area contributed by atoms with E-state index in [0.29, 0.717) is 4.34 Å². The van der Waals surface area contributed by atoms with Crippen molar-refractivity contribution < 1.29 is 4.74 Å². The topological polar surface area (TPSA) is 35.0 Å². The summed E-state index contributed by atoms with van der Waals surface area (Å²) in [7, 11) is 1.66. The highest BCUT2D eigenvalue weighted by Gasteiger charge is 2.05. The lowest BCUT2D eigenvalue weighted by molar-refractivity contribution is 0.414. The fourth-order valence-electron chi connectivity index (χ4n) is 1.11. The van der Waals surface area contributed by atoms with Gasteiger partial charge in [0.2, 0.25) is 0 Å². The summed E-state index contributed by atoms with van der Waals surface area (Å²) < 4.78 is 9.54. The number of hydrogen-bond acceptors (Lipinski definition) is 5. The fraction of sp³-hybridized carbons (Fsp3) is 0.200. The molecule has 0 saturated heterocycles. The van der Waals surface area contributed by atoms with Crippen LogP contribution < -0.4 is 4.74 Å². The molecule has 6 heteroatoms.